The lowest BCUT2D eigenvalue weighted by atomic mass is 9.87. The number of aliphatic imine (C=N–C) groups is 1. The minimum Gasteiger partial charge on any atom is -0.384 e. The van der Waals surface area contributed by atoms with E-state index in [9.17, 15) is 5.11 Å². The Kier molecular flexibility index (Phi) is 4.18. The van der Waals surface area contributed by atoms with Crippen molar-refractivity contribution in [2.45, 2.75) is 33.3 Å². The van der Waals surface area contributed by atoms with E-state index in [1.165, 1.54) is 0 Å². The van der Waals surface area contributed by atoms with Gasteiger partial charge in [0.2, 0.25) is 0 Å². The average Bonchev–Trinajstić information content (AvgIpc) is 1.99. The second-order valence-electron chi connectivity index (χ2n) is 3.37. The normalized spacial score (nSPS) is 17.7. The van der Waals surface area contributed by atoms with Crippen LogP contribution >= 0.6 is 0 Å². The van der Waals surface area contributed by atoms with Crippen molar-refractivity contribution < 1.29 is 5.11 Å². The van der Waals surface area contributed by atoms with Gasteiger partial charge in [-0.1, -0.05) is 20.4 Å². The largest absolute Gasteiger partial charge is 0.384 e. The quantitative estimate of drug-likeness (QED) is 0.642. The maximum atomic E-state index is 9.98. The Labute approximate surface area is 75.0 Å². The fourth-order valence-corrected chi connectivity index (χ4v) is 0.897. The molecule has 0 heterocycles. The molecule has 0 radical (unpaired) electrons. The summed E-state index contributed by atoms with van der Waals surface area (Å²) in [6.07, 6.45) is 1.63. The molecule has 1 unspecified atom stereocenters. The number of hydrogen-bond acceptors (Lipinski definition) is 2. The van der Waals surface area contributed by atoms with E-state index in [0.717, 1.165) is 0 Å². The van der Waals surface area contributed by atoms with E-state index in [-0.39, 0.29) is 5.92 Å². The van der Waals surface area contributed by atoms with Crippen molar-refractivity contribution in [3.8, 4) is 0 Å². The van der Waals surface area contributed by atoms with Crippen LogP contribution in [0.5, 0.6) is 0 Å². The average molecular weight is 169 g/mol. The van der Waals surface area contributed by atoms with E-state index in [4.69, 9.17) is 0 Å². The van der Waals surface area contributed by atoms with Gasteiger partial charge in [-0.15, -0.1) is 0 Å². The third-order valence-corrected chi connectivity index (χ3v) is 2.16. The standard InChI is InChI=1S/C10H19NO/c1-6-9(11-7-2)10(5,12)8(3)4/h6,8,12H,1,7H2,2-5H3/b11-9+. The Morgan fingerprint density at radius 1 is 1.67 bits per heavy atom. The summed E-state index contributed by atoms with van der Waals surface area (Å²) < 4.78 is 0. The molecule has 70 valence electrons. The van der Waals surface area contributed by atoms with E-state index >= 15 is 0 Å². The first-order chi connectivity index (χ1) is 5.46. The van der Waals surface area contributed by atoms with E-state index in [1.807, 2.05) is 20.8 Å². The van der Waals surface area contributed by atoms with Crippen molar-refractivity contribution in [3.63, 3.8) is 0 Å². The second kappa shape index (κ2) is 4.41. The molecule has 12 heavy (non-hydrogen) atoms. The lowest BCUT2D eigenvalue weighted by molar-refractivity contribution is 0.0837. The predicted octanol–water partition coefficient (Wildman–Crippen LogP) is 2.04. The summed E-state index contributed by atoms with van der Waals surface area (Å²) in [7, 11) is 0. The molecule has 1 N–H and O–H groups in total. The van der Waals surface area contributed by atoms with Crippen molar-refractivity contribution in [2.24, 2.45) is 10.9 Å². The van der Waals surface area contributed by atoms with Crippen LogP contribution in [0.1, 0.15) is 27.7 Å². The van der Waals surface area contributed by atoms with Crippen LogP contribution in [0.2, 0.25) is 0 Å². The molecule has 0 fully saturated rings. The zero-order valence-electron chi connectivity index (χ0n) is 8.46. The molecular formula is C10H19NO. The maximum absolute atomic E-state index is 9.98. The molecule has 0 saturated carbocycles. The summed E-state index contributed by atoms with van der Waals surface area (Å²) >= 11 is 0. The lowest BCUT2D eigenvalue weighted by Gasteiger charge is -2.27. The van der Waals surface area contributed by atoms with Gasteiger partial charge in [0.1, 0.15) is 5.60 Å². The molecule has 0 aliphatic carbocycles. The molecular weight excluding hydrogens is 150 g/mol. The van der Waals surface area contributed by atoms with Gasteiger partial charge in [0.25, 0.3) is 0 Å². The fourth-order valence-electron chi connectivity index (χ4n) is 0.897. The molecule has 0 spiro atoms. The van der Waals surface area contributed by atoms with Crippen LogP contribution in [0.25, 0.3) is 0 Å². The SMILES string of the molecule is C=C/C(=N\CC)C(C)(O)C(C)C. The van der Waals surface area contributed by atoms with Crippen molar-refractivity contribution >= 4 is 5.71 Å². The van der Waals surface area contributed by atoms with Crippen LogP contribution in [-0.4, -0.2) is 23.0 Å². The third-order valence-electron chi connectivity index (χ3n) is 2.16. The van der Waals surface area contributed by atoms with Gasteiger partial charge in [0, 0.05) is 6.54 Å². The van der Waals surface area contributed by atoms with E-state index in [1.54, 1.807) is 13.0 Å². The number of aliphatic hydroxyl groups is 1. The Bertz CT molecular complexity index is 180. The first-order valence-corrected chi connectivity index (χ1v) is 4.36. The molecule has 0 bridgehead atoms. The summed E-state index contributed by atoms with van der Waals surface area (Å²) in [5.41, 5.74) is -0.169. The minimum absolute atomic E-state index is 0.154. The zero-order chi connectivity index (χ0) is 9.78. The lowest BCUT2D eigenvalue weighted by Crippen LogP contribution is -2.39. The monoisotopic (exact) mass is 169 g/mol. The van der Waals surface area contributed by atoms with Crippen molar-refractivity contribution in [3.05, 3.63) is 12.7 Å². The van der Waals surface area contributed by atoms with Crippen molar-refractivity contribution in [1.82, 2.24) is 0 Å². The van der Waals surface area contributed by atoms with E-state index in [0.29, 0.717) is 12.3 Å². The summed E-state index contributed by atoms with van der Waals surface area (Å²) in [5.74, 6) is 0.154. The van der Waals surface area contributed by atoms with Gasteiger partial charge in [0.05, 0.1) is 5.71 Å². The zero-order valence-corrected chi connectivity index (χ0v) is 8.46. The highest BCUT2D eigenvalue weighted by Crippen LogP contribution is 2.18. The molecule has 1 atom stereocenters. The Balaban J connectivity index is 4.71. The van der Waals surface area contributed by atoms with Gasteiger partial charge < -0.3 is 5.11 Å². The Morgan fingerprint density at radius 2 is 2.17 bits per heavy atom. The van der Waals surface area contributed by atoms with E-state index in [2.05, 4.69) is 11.6 Å². The predicted molar refractivity (Wildman–Crippen MR) is 53.6 cm³/mol. The maximum Gasteiger partial charge on any atom is 0.105 e. The first kappa shape index (κ1) is 11.4. The molecule has 0 aliphatic heterocycles. The van der Waals surface area contributed by atoms with Crippen LogP contribution < -0.4 is 0 Å². The highest BCUT2D eigenvalue weighted by molar-refractivity contribution is 6.01. The molecule has 0 saturated heterocycles. The molecule has 2 heteroatoms. The van der Waals surface area contributed by atoms with Gasteiger partial charge in [0.15, 0.2) is 0 Å². The summed E-state index contributed by atoms with van der Waals surface area (Å²) in [4.78, 5) is 4.18. The minimum atomic E-state index is -0.849. The molecule has 0 aliphatic rings. The van der Waals surface area contributed by atoms with Crippen LogP contribution in [-0.2, 0) is 0 Å². The van der Waals surface area contributed by atoms with Gasteiger partial charge >= 0.3 is 0 Å². The van der Waals surface area contributed by atoms with Crippen LogP contribution in [0.4, 0.5) is 0 Å². The van der Waals surface area contributed by atoms with Crippen LogP contribution in [0.3, 0.4) is 0 Å². The molecule has 0 aromatic heterocycles. The van der Waals surface area contributed by atoms with E-state index < -0.39 is 5.60 Å². The first-order valence-electron chi connectivity index (χ1n) is 4.36. The highest BCUT2D eigenvalue weighted by Gasteiger charge is 2.28. The number of nitrogens with zero attached hydrogens (tertiary/aromatic N) is 1. The summed E-state index contributed by atoms with van der Waals surface area (Å²) in [6.45, 7) is 12.0. The third kappa shape index (κ3) is 2.45. The number of hydrogen-bond donors (Lipinski definition) is 1. The van der Waals surface area contributed by atoms with Gasteiger partial charge in [-0.05, 0) is 25.8 Å². The van der Waals surface area contributed by atoms with Gasteiger partial charge in [-0.3, -0.25) is 4.99 Å². The van der Waals surface area contributed by atoms with Crippen molar-refractivity contribution in [2.75, 3.05) is 6.54 Å². The number of rotatable bonds is 4. The fraction of sp³-hybridized carbons (Fsp3) is 0.700. The highest BCUT2D eigenvalue weighted by atomic mass is 16.3. The molecule has 0 amide bonds. The summed E-state index contributed by atoms with van der Waals surface area (Å²) in [6, 6.07) is 0. The molecule has 0 rings (SSSR count). The van der Waals surface area contributed by atoms with Gasteiger partial charge in [-0.2, -0.15) is 0 Å². The van der Waals surface area contributed by atoms with Crippen LogP contribution in [0, 0.1) is 5.92 Å². The van der Waals surface area contributed by atoms with Crippen molar-refractivity contribution in [1.29, 1.82) is 0 Å². The van der Waals surface area contributed by atoms with Gasteiger partial charge in [-0.25, -0.2) is 0 Å². The van der Waals surface area contributed by atoms with Crippen LogP contribution in [0.15, 0.2) is 17.6 Å². The Hall–Kier alpha value is -0.630. The summed E-state index contributed by atoms with van der Waals surface area (Å²) in [5, 5.41) is 9.98. The Morgan fingerprint density at radius 3 is 2.42 bits per heavy atom. The molecule has 2 nitrogen and oxygen atoms in total. The molecule has 0 aromatic carbocycles. The molecule has 0 aromatic rings. The topological polar surface area (TPSA) is 32.6 Å². The second-order valence-corrected chi connectivity index (χ2v) is 3.37. The smallest absolute Gasteiger partial charge is 0.105 e.